The van der Waals surface area contributed by atoms with Gasteiger partial charge in [0.1, 0.15) is 11.0 Å². The maximum absolute atomic E-state index is 12.7. The zero-order chi connectivity index (χ0) is 22.9. The zero-order valence-corrected chi connectivity index (χ0v) is 17.6. The van der Waals surface area contributed by atoms with Crippen LogP contribution in [-0.2, 0) is 16.2 Å². The smallest absolute Gasteiger partial charge is 0.417 e. The van der Waals surface area contributed by atoms with Gasteiger partial charge < -0.3 is 9.64 Å². The maximum atomic E-state index is 12.7. The van der Waals surface area contributed by atoms with Gasteiger partial charge in [-0.1, -0.05) is 36.4 Å². The monoisotopic (exact) mass is 463 g/mol. The molecule has 1 aromatic heterocycles. The van der Waals surface area contributed by atoms with E-state index in [1.807, 2.05) is 41.3 Å². The van der Waals surface area contributed by atoms with E-state index in [1.165, 1.54) is 6.07 Å². The molecule has 0 aliphatic carbocycles. The van der Waals surface area contributed by atoms with Crippen LogP contribution in [0.25, 0.3) is 11.1 Å². The molecule has 0 radical (unpaired) electrons. The molecule has 0 saturated carbocycles. The van der Waals surface area contributed by atoms with Crippen LogP contribution in [0.15, 0.2) is 71.8 Å². The summed E-state index contributed by atoms with van der Waals surface area (Å²) in [5, 5.41) is 5.49. The highest BCUT2D eigenvalue weighted by atomic mass is 32.2. The van der Waals surface area contributed by atoms with Gasteiger partial charge in [0.05, 0.1) is 17.8 Å². The number of hydrogen-bond acceptors (Lipinski definition) is 5. The molecule has 1 fully saturated rings. The SMILES string of the molecule is NS(=O)(=O)c1cc(-c2ccccc2)ccc1N1CC[C@@H](Oc2ccc(C(F)(F)F)cn2)C1. The minimum atomic E-state index is -4.47. The molecule has 0 bridgehead atoms. The molecule has 0 unspecified atom stereocenters. The molecule has 2 N–H and O–H groups in total. The highest BCUT2D eigenvalue weighted by molar-refractivity contribution is 7.89. The van der Waals surface area contributed by atoms with Crippen LogP contribution in [0.2, 0.25) is 0 Å². The molecule has 0 amide bonds. The van der Waals surface area contributed by atoms with Crippen molar-refractivity contribution < 1.29 is 26.3 Å². The number of rotatable bonds is 5. The van der Waals surface area contributed by atoms with E-state index in [9.17, 15) is 21.6 Å². The molecule has 1 saturated heterocycles. The Morgan fingerprint density at radius 2 is 1.78 bits per heavy atom. The Labute approximate surface area is 183 Å². The van der Waals surface area contributed by atoms with Gasteiger partial charge in [0.2, 0.25) is 15.9 Å². The Balaban J connectivity index is 1.53. The van der Waals surface area contributed by atoms with Crippen LogP contribution in [0.3, 0.4) is 0 Å². The van der Waals surface area contributed by atoms with Crippen molar-refractivity contribution in [2.24, 2.45) is 5.14 Å². The zero-order valence-electron chi connectivity index (χ0n) is 16.8. The summed E-state index contributed by atoms with van der Waals surface area (Å²) in [7, 11) is -4.00. The summed E-state index contributed by atoms with van der Waals surface area (Å²) in [4.78, 5) is 5.57. The van der Waals surface area contributed by atoms with Gasteiger partial charge in [0.25, 0.3) is 0 Å². The van der Waals surface area contributed by atoms with Crippen molar-refractivity contribution in [3.05, 3.63) is 72.4 Å². The largest absolute Gasteiger partial charge is 0.472 e. The number of nitrogens with zero attached hydrogens (tertiary/aromatic N) is 2. The Kier molecular flexibility index (Phi) is 5.83. The van der Waals surface area contributed by atoms with Gasteiger partial charge in [-0.15, -0.1) is 0 Å². The Bertz CT molecular complexity index is 1200. The number of benzene rings is 2. The van der Waals surface area contributed by atoms with Crippen molar-refractivity contribution in [3.8, 4) is 17.0 Å². The van der Waals surface area contributed by atoms with Crippen LogP contribution in [0.5, 0.6) is 5.88 Å². The van der Waals surface area contributed by atoms with Gasteiger partial charge in [0, 0.05) is 25.2 Å². The second-order valence-electron chi connectivity index (χ2n) is 7.45. The lowest BCUT2D eigenvalue weighted by atomic mass is 10.1. The molecular weight excluding hydrogens is 443 g/mol. The van der Waals surface area contributed by atoms with Crippen molar-refractivity contribution in [1.82, 2.24) is 4.98 Å². The van der Waals surface area contributed by atoms with E-state index in [-0.39, 0.29) is 16.9 Å². The molecule has 1 atom stereocenters. The normalized spacial score (nSPS) is 16.9. The fourth-order valence-electron chi connectivity index (χ4n) is 3.65. The highest BCUT2D eigenvalue weighted by Crippen LogP contribution is 2.33. The predicted molar refractivity (Wildman–Crippen MR) is 114 cm³/mol. The van der Waals surface area contributed by atoms with Crippen molar-refractivity contribution >= 4 is 15.7 Å². The summed E-state index contributed by atoms with van der Waals surface area (Å²) in [5.41, 5.74) is 1.19. The van der Waals surface area contributed by atoms with Gasteiger partial charge in [-0.25, -0.2) is 18.5 Å². The first-order valence-electron chi connectivity index (χ1n) is 9.78. The van der Waals surface area contributed by atoms with E-state index in [0.717, 1.165) is 23.4 Å². The molecular formula is C22H20F3N3O3S. The molecule has 2 heterocycles. The average Bonchev–Trinajstić information content (AvgIpc) is 3.21. The van der Waals surface area contributed by atoms with Crippen molar-refractivity contribution in [3.63, 3.8) is 0 Å². The lowest BCUT2D eigenvalue weighted by Crippen LogP contribution is -2.27. The van der Waals surface area contributed by atoms with Crippen LogP contribution in [-0.4, -0.2) is 32.6 Å². The molecule has 168 valence electrons. The second-order valence-corrected chi connectivity index (χ2v) is 8.98. The van der Waals surface area contributed by atoms with Crippen LogP contribution < -0.4 is 14.8 Å². The first-order valence-corrected chi connectivity index (χ1v) is 11.3. The molecule has 6 nitrogen and oxygen atoms in total. The highest BCUT2D eigenvalue weighted by Gasteiger charge is 2.32. The molecule has 1 aliphatic rings. The number of sulfonamides is 1. The van der Waals surface area contributed by atoms with Gasteiger partial charge in [-0.2, -0.15) is 13.2 Å². The molecule has 10 heteroatoms. The third-order valence-electron chi connectivity index (χ3n) is 5.21. The third kappa shape index (κ3) is 4.86. The van der Waals surface area contributed by atoms with Gasteiger partial charge in [-0.05, 0) is 29.3 Å². The van der Waals surface area contributed by atoms with Crippen LogP contribution in [0.4, 0.5) is 18.9 Å². The molecule has 4 rings (SSSR count). The topological polar surface area (TPSA) is 85.5 Å². The summed E-state index contributed by atoms with van der Waals surface area (Å²) in [6.45, 7) is 0.842. The standard InChI is InChI=1S/C22H20F3N3O3S/c23-22(24,25)17-7-9-21(27-13-17)31-18-10-11-28(14-18)19-8-6-16(12-20(19)32(26,29)30)15-4-2-1-3-5-15/h1-9,12-13,18H,10-11,14H2,(H2,26,29,30)/t18-/m1/s1. The number of pyridine rings is 1. The molecule has 32 heavy (non-hydrogen) atoms. The van der Waals surface area contributed by atoms with E-state index < -0.39 is 21.8 Å². The number of nitrogens with two attached hydrogens (primary N) is 1. The number of aromatic nitrogens is 1. The van der Waals surface area contributed by atoms with E-state index >= 15 is 0 Å². The molecule has 0 spiro atoms. The number of anilines is 1. The Morgan fingerprint density at radius 3 is 2.41 bits per heavy atom. The van der Waals surface area contributed by atoms with E-state index in [1.54, 1.807) is 12.1 Å². The number of ether oxygens (including phenoxy) is 1. The quantitative estimate of drug-likeness (QED) is 0.617. The molecule has 2 aromatic carbocycles. The Morgan fingerprint density at radius 1 is 1.03 bits per heavy atom. The molecule has 1 aliphatic heterocycles. The van der Waals surface area contributed by atoms with Gasteiger partial charge >= 0.3 is 6.18 Å². The average molecular weight is 463 g/mol. The minimum Gasteiger partial charge on any atom is -0.472 e. The summed E-state index contributed by atoms with van der Waals surface area (Å²) >= 11 is 0. The third-order valence-corrected chi connectivity index (χ3v) is 6.15. The lowest BCUT2D eigenvalue weighted by molar-refractivity contribution is -0.137. The number of halogens is 3. The fraction of sp³-hybridized carbons (Fsp3) is 0.227. The van der Waals surface area contributed by atoms with Gasteiger partial charge in [-0.3, -0.25) is 0 Å². The summed E-state index contributed by atoms with van der Waals surface area (Å²) < 4.78 is 68.4. The fourth-order valence-corrected chi connectivity index (χ4v) is 4.42. The second kappa shape index (κ2) is 8.44. The first-order chi connectivity index (χ1) is 15.1. The Hall–Kier alpha value is -3.11. The van der Waals surface area contributed by atoms with Crippen LogP contribution >= 0.6 is 0 Å². The van der Waals surface area contributed by atoms with Crippen LogP contribution in [0, 0.1) is 0 Å². The summed E-state index contributed by atoms with van der Waals surface area (Å²) in [6.07, 6.45) is -3.55. The lowest BCUT2D eigenvalue weighted by Gasteiger charge is -2.22. The predicted octanol–water partition coefficient (Wildman–Crippen LogP) is 4.07. The number of hydrogen-bond donors (Lipinski definition) is 1. The van der Waals surface area contributed by atoms with Crippen molar-refractivity contribution in [2.45, 2.75) is 23.6 Å². The maximum Gasteiger partial charge on any atom is 0.417 e. The summed E-state index contributed by atoms with van der Waals surface area (Å²) in [6, 6.07) is 16.5. The number of alkyl halides is 3. The van der Waals surface area contributed by atoms with Crippen LogP contribution in [0.1, 0.15) is 12.0 Å². The van der Waals surface area contributed by atoms with E-state index in [4.69, 9.17) is 9.88 Å². The van der Waals surface area contributed by atoms with Crippen molar-refractivity contribution in [2.75, 3.05) is 18.0 Å². The van der Waals surface area contributed by atoms with Crippen molar-refractivity contribution in [1.29, 1.82) is 0 Å². The van der Waals surface area contributed by atoms with Gasteiger partial charge in [0.15, 0.2) is 0 Å². The van der Waals surface area contributed by atoms with E-state index in [2.05, 4.69) is 4.98 Å². The first kappa shape index (κ1) is 22.1. The van der Waals surface area contributed by atoms with E-state index in [0.29, 0.717) is 25.2 Å². The minimum absolute atomic E-state index is 0.00663. The molecule has 3 aromatic rings. The number of primary sulfonamides is 1. The summed E-state index contributed by atoms with van der Waals surface area (Å²) in [5.74, 6) is 0.0796.